The molecule has 0 atom stereocenters. The van der Waals surface area contributed by atoms with E-state index >= 15 is 0 Å². The van der Waals surface area contributed by atoms with E-state index in [-0.39, 0.29) is 30.1 Å². The smallest absolute Gasteiger partial charge is 0.207 e. The molecule has 1 aromatic carbocycles. The highest BCUT2D eigenvalue weighted by Gasteiger charge is 2.36. The Labute approximate surface area is 175 Å². The summed E-state index contributed by atoms with van der Waals surface area (Å²) >= 11 is 6.61. The Morgan fingerprint density at radius 2 is 1.76 bits per heavy atom. The van der Waals surface area contributed by atoms with Crippen LogP contribution in [-0.4, -0.2) is 40.3 Å². The highest BCUT2D eigenvalue weighted by molar-refractivity contribution is 7.91. The zero-order valence-corrected chi connectivity index (χ0v) is 17.9. The van der Waals surface area contributed by atoms with Crippen LogP contribution in [0.25, 0.3) is 0 Å². The maximum Gasteiger partial charge on any atom is 0.417 e. The summed E-state index contributed by atoms with van der Waals surface area (Å²) < 4.78 is 92.8. The summed E-state index contributed by atoms with van der Waals surface area (Å²) in [6.07, 6.45) is -4.39. The van der Waals surface area contributed by atoms with Crippen molar-refractivity contribution in [1.82, 2.24) is 9.03 Å². The average molecular weight is 489 g/mol. The number of benzene rings is 1. The van der Waals surface area contributed by atoms with Crippen molar-refractivity contribution in [3.8, 4) is 0 Å². The van der Waals surface area contributed by atoms with Crippen LogP contribution in [-0.2, 0) is 26.2 Å². The predicted octanol–water partition coefficient (Wildman–Crippen LogP) is 3.55. The van der Waals surface area contributed by atoms with Crippen LogP contribution in [0.2, 0.25) is 5.02 Å². The number of piperidine rings is 1. The van der Waals surface area contributed by atoms with Crippen LogP contribution in [0.4, 0.5) is 13.2 Å². The maximum atomic E-state index is 13.0. The van der Waals surface area contributed by atoms with Crippen LogP contribution < -0.4 is 4.72 Å². The summed E-state index contributed by atoms with van der Waals surface area (Å²) in [4.78, 5) is -0.508. The lowest BCUT2D eigenvalue weighted by atomic mass is 10.1. The van der Waals surface area contributed by atoms with Crippen LogP contribution in [0.5, 0.6) is 0 Å². The average Bonchev–Trinajstić information content (AvgIpc) is 3.17. The molecule has 0 radical (unpaired) electrons. The van der Waals surface area contributed by atoms with Gasteiger partial charge in [-0.1, -0.05) is 17.7 Å². The first-order valence-electron chi connectivity index (χ1n) is 8.34. The first-order chi connectivity index (χ1) is 13.4. The van der Waals surface area contributed by atoms with E-state index in [2.05, 4.69) is 4.72 Å². The van der Waals surface area contributed by atoms with Gasteiger partial charge in [-0.3, -0.25) is 0 Å². The summed E-state index contributed by atoms with van der Waals surface area (Å²) in [5.74, 6) is 0. The Morgan fingerprint density at radius 1 is 1.10 bits per heavy atom. The summed E-state index contributed by atoms with van der Waals surface area (Å²) in [5, 5.41) is 1.04. The fourth-order valence-electron chi connectivity index (χ4n) is 2.94. The van der Waals surface area contributed by atoms with E-state index in [1.165, 1.54) is 6.07 Å². The lowest BCUT2D eigenvalue weighted by molar-refractivity contribution is -0.137. The fraction of sp³-hybridized carbons (Fsp3) is 0.375. The second-order valence-electron chi connectivity index (χ2n) is 6.37. The number of nitrogens with zero attached hydrogens (tertiary/aromatic N) is 1. The molecule has 2 heterocycles. The molecule has 6 nitrogen and oxygen atoms in total. The Bertz CT molecular complexity index is 1080. The van der Waals surface area contributed by atoms with Gasteiger partial charge in [-0.05, 0) is 42.5 Å². The molecule has 1 aromatic heterocycles. The van der Waals surface area contributed by atoms with Gasteiger partial charge in [-0.2, -0.15) is 17.5 Å². The molecule has 3 rings (SSSR count). The highest BCUT2D eigenvalue weighted by Crippen LogP contribution is 2.36. The first-order valence-corrected chi connectivity index (χ1v) is 12.5. The number of hydrogen-bond donors (Lipinski definition) is 1. The molecule has 0 aliphatic carbocycles. The van der Waals surface area contributed by atoms with E-state index in [0.717, 1.165) is 27.8 Å². The second-order valence-corrected chi connectivity index (χ2v) is 11.6. The summed E-state index contributed by atoms with van der Waals surface area (Å²) in [6, 6.07) is 5.05. The summed E-state index contributed by atoms with van der Waals surface area (Å²) in [5.41, 5.74) is -1.22. The van der Waals surface area contributed by atoms with E-state index < -0.39 is 47.7 Å². The number of halogens is 4. The Morgan fingerprint density at radius 3 is 2.31 bits per heavy atom. The lowest BCUT2D eigenvalue weighted by Crippen LogP contribution is -2.46. The van der Waals surface area contributed by atoms with Gasteiger partial charge < -0.3 is 0 Å². The molecular weight excluding hydrogens is 473 g/mol. The Hall–Kier alpha value is -1.18. The number of thiophene rings is 1. The van der Waals surface area contributed by atoms with Crippen molar-refractivity contribution >= 4 is 43.0 Å². The molecule has 1 aliphatic heterocycles. The SMILES string of the molecule is O=S(=O)(NC1CCN(S(=O)(=O)c2ccc(Cl)c(C(F)(F)F)c2)CC1)c1cccs1. The van der Waals surface area contributed by atoms with Crippen LogP contribution in [0.15, 0.2) is 44.8 Å². The van der Waals surface area contributed by atoms with Gasteiger partial charge in [0.1, 0.15) is 4.21 Å². The largest absolute Gasteiger partial charge is 0.417 e. The molecule has 1 N–H and O–H groups in total. The molecule has 13 heteroatoms. The third-order valence-electron chi connectivity index (χ3n) is 4.42. The van der Waals surface area contributed by atoms with Gasteiger partial charge in [-0.15, -0.1) is 11.3 Å². The van der Waals surface area contributed by atoms with Gasteiger partial charge in [0.2, 0.25) is 20.0 Å². The molecule has 1 saturated heterocycles. The van der Waals surface area contributed by atoms with Gasteiger partial charge in [0, 0.05) is 19.1 Å². The molecular formula is C16H16ClF3N2O4S3. The van der Waals surface area contributed by atoms with Gasteiger partial charge >= 0.3 is 6.18 Å². The molecule has 160 valence electrons. The highest BCUT2D eigenvalue weighted by atomic mass is 35.5. The van der Waals surface area contributed by atoms with Crippen molar-refractivity contribution in [2.24, 2.45) is 0 Å². The maximum absolute atomic E-state index is 13.0. The standard InChI is InChI=1S/C16H16ClF3N2O4S3/c17-14-4-3-12(10-13(14)16(18,19)20)29(25,26)22-7-5-11(6-8-22)21-28(23,24)15-2-1-9-27-15/h1-4,9-11,21H,5-8H2. The fourth-order valence-corrected chi connectivity index (χ4v) is 6.97. The molecule has 0 bridgehead atoms. The van der Waals surface area contributed by atoms with Gasteiger partial charge in [0.15, 0.2) is 0 Å². The van der Waals surface area contributed by atoms with Gasteiger partial charge in [-0.25, -0.2) is 21.6 Å². The minimum absolute atomic E-state index is 0.0239. The Kier molecular flexibility index (Phi) is 6.33. The topological polar surface area (TPSA) is 83.6 Å². The zero-order valence-electron chi connectivity index (χ0n) is 14.7. The van der Waals surface area contributed by atoms with Crippen LogP contribution in [0.3, 0.4) is 0 Å². The van der Waals surface area contributed by atoms with Crippen molar-refractivity contribution in [3.63, 3.8) is 0 Å². The van der Waals surface area contributed by atoms with Crippen molar-refractivity contribution in [3.05, 3.63) is 46.3 Å². The number of alkyl halides is 3. The molecule has 1 fully saturated rings. The van der Waals surface area contributed by atoms with E-state index in [4.69, 9.17) is 11.6 Å². The molecule has 1 aliphatic rings. The number of sulfonamides is 2. The van der Waals surface area contributed by atoms with Crippen molar-refractivity contribution in [2.75, 3.05) is 13.1 Å². The summed E-state index contributed by atoms with van der Waals surface area (Å²) in [7, 11) is -7.86. The predicted molar refractivity (Wildman–Crippen MR) is 103 cm³/mol. The molecule has 0 spiro atoms. The van der Waals surface area contributed by atoms with E-state index in [1.807, 2.05) is 0 Å². The minimum atomic E-state index is -4.78. The third-order valence-corrected chi connectivity index (χ3v) is 9.56. The van der Waals surface area contributed by atoms with Gasteiger partial charge in [0.25, 0.3) is 0 Å². The van der Waals surface area contributed by atoms with Crippen LogP contribution in [0, 0.1) is 0 Å². The van der Waals surface area contributed by atoms with Crippen LogP contribution in [0.1, 0.15) is 18.4 Å². The first kappa shape index (κ1) is 22.5. The van der Waals surface area contributed by atoms with Crippen molar-refractivity contribution in [1.29, 1.82) is 0 Å². The van der Waals surface area contributed by atoms with Crippen LogP contribution >= 0.6 is 22.9 Å². The monoisotopic (exact) mass is 488 g/mol. The Balaban J connectivity index is 1.72. The van der Waals surface area contributed by atoms with Gasteiger partial charge in [0.05, 0.1) is 15.5 Å². The number of hydrogen-bond acceptors (Lipinski definition) is 5. The molecule has 0 amide bonds. The third kappa shape index (κ3) is 4.94. The van der Waals surface area contributed by atoms with Crippen molar-refractivity contribution < 1.29 is 30.0 Å². The lowest BCUT2D eigenvalue weighted by Gasteiger charge is -2.31. The zero-order chi connectivity index (χ0) is 21.4. The molecule has 0 unspecified atom stereocenters. The van der Waals surface area contributed by atoms with Crippen molar-refractivity contribution in [2.45, 2.75) is 34.2 Å². The normalized spacial score (nSPS) is 17.5. The molecule has 29 heavy (non-hydrogen) atoms. The second kappa shape index (κ2) is 8.16. The van der Waals surface area contributed by atoms with E-state index in [1.54, 1.807) is 11.4 Å². The summed E-state index contributed by atoms with van der Waals surface area (Å²) in [6.45, 7) is -0.0477. The number of nitrogens with one attached hydrogen (secondary N) is 1. The molecule has 2 aromatic rings. The minimum Gasteiger partial charge on any atom is -0.207 e. The van der Waals surface area contributed by atoms with E-state index in [9.17, 15) is 30.0 Å². The van der Waals surface area contributed by atoms with E-state index in [0.29, 0.717) is 6.07 Å². The quantitative estimate of drug-likeness (QED) is 0.697. The number of rotatable bonds is 5. The molecule has 0 saturated carbocycles.